The van der Waals surface area contributed by atoms with Gasteiger partial charge in [0.05, 0.1) is 16.8 Å². The van der Waals surface area contributed by atoms with Crippen LogP contribution < -0.4 is 5.32 Å². The SMILES string of the molecule is CC(O)C1CCN(CCC(=O)Nc2cc(Cl)ccc2Cl)C1. The van der Waals surface area contributed by atoms with Crippen molar-refractivity contribution in [3.8, 4) is 0 Å². The lowest BCUT2D eigenvalue weighted by Crippen LogP contribution is -2.27. The second-order valence-electron chi connectivity index (χ2n) is 5.51. The maximum Gasteiger partial charge on any atom is 0.225 e. The van der Waals surface area contributed by atoms with Crippen molar-refractivity contribution in [3.05, 3.63) is 28.2 Å². The van der Waals surface area contributed by atoms with Crippen molar-refractivity contribution in [3.63, 3.8) is 0 Å². The number of carbonyl (C=O) groups excluding carboxylic acids is 1. The molecule has 0 aliphatic carbocycles. The molecule has 116 valence electrons. The van der Waals surface area contributed by atoms with Gasteiger partial charge in [-0.3, -0.25) is 4.79 Å². The summed E-state index contributed by atoms with van der Waals surface area (Å²) in [6.07, 6.45) is 1.10. The van der Waals surface area contributed by atoms with Gasteiger partial charge in [0.1, 0.15) is 0 Å². The van der Waals surface area contributed by atoms with Gasteiger partial charge < -0.3 is 15.3 Å². The lowest BCUT2D eigenvalue weighted by molar-refractivity contribution is -0.116. The summed E-state index contributed by atoms with van der Waals surface area (Å²) in [5.41, 5.74) is 0.539. The summed E-state index contributed by atoms with van der Waals surface area (Å²) >= 11 is 11.9. The monoisotopic (exact) mass is 330 g/mol. The first-order valence-corrected chi connectivity index (χ1v) is 7.86. The number of hydrogen-bond donors (Lipinski definition) is 2. The number of nitrogens with one attached hydrogen (secondary N) is 1. The van der Waals surface area contributed by atoms with Crippen LogP contribution in [0.3, 0.4) is 0 Å². The van der Waals surface area contributed by atoms with Crippen molar-refractivity contribution >= 4 is 34.8 Å². The zero-order valence-electron chi connectivity index (χ0n) is 12.0. The standard InChI is InChI=1S/C15H20Cl2N2O2/c1-10(20)11-4-6-19(9-11)7-5-15(21)18-14-8-12(16)2-3-13(14)17/h2-3,8,10-11,20H,4-7,9H2,1H3,(H,18,21). The Morgan fingerprint density at radius 2 is 2.29 bits per heavy atom. The summed E-state index contributed by atoms with van der Waals surface area (Å²) in [5.74, 6) is 0.232. The quantitative estimate of drug-likeness (QED) is 0.872. The van der Waals surface area contributed by atoms with E-state index in [0.717, 1.165) is 19.5 Å². The van der Waals surface area contributed by atoms with Gasteiger partial charge in [0.15, 0.2) is 0 Å². The molecule has 1 heterocycles. The molecular formula is C15H20Cl2N2O2. The van der Waals surface area contributed by atoms with Gasteiger partial charge in [-0.1, -0.05) is 23.2 Å². The Morgan fingerprint density at radius 1 is 1.52 bits per heavy atom. The van der Waals surface area contributed by atoms with Crippen LogP contribution in [0.2, 0.25) is 10.0 Å². The average Bonchev–Trinajstić information content (AvgIpc) is 2.90. The number of amides is 1. The van der Waals surface area contributed by atoms with E-state index in [4.69, 9.17) is 23.2 Å². The van der Waals surface area contributed by atoms with E-state index >= 15 is 0 Å². The van der Waals surface area contributed by atoms with Crippen molar-refractivity contribution < 1.29 is 9.90 Å². The van der Waals surface area contributed by atoms with Crippen molar-refractivity contribution in [2.24, 2.45) is 5.92 Å². The molecule has 0 bridgehead atoms. The fourth-order valence-electron chi connectivity index (χ4n) is 2.53. The summed E-state index contributed by atoms with van der Waals surface area (Å²) in [4.78, 5) is 14.2. The zero-order valence-corrected chi connectivity index (χ0v) is 13.5. The second kappa shape index (κ2) is 7.45. The molecule has 2 N–H and O–H groups in total. The van der Waals surface area contributed by atoms with Gasteiger partial charge in [0, 0.05) is 24.5 Å². The normalized spacial score (nSPS) is 20.5. The van der Waals surface area contributed by atoms with E-state index in [1.807, 2.05) is 6.92 Å². The predicted molar refractivity (Wildman–Crippen MR) is 85.9 cm³/mol. The highest BCUT2D eigenvalue weighted by Gasteiger charge is 2.25. The molecule has 1 aromatic rings. The lowest BCUT2D eigenvalue weighted by atomic mass is 10.0. The number of aliphatic hydroxyl groups excluding tert-OH is 1. The Kier molecular flexibility index (Phi) is 5.88. The van der Waals surface area contributed by atoms with Gasteiger partial charge in [-0.05, 0) is 44.0 Å². The summed E-state index contributed by atoms with van der Waals surface area (Å²) < 4.78 is 0. The third-order valence-electron chi connectivity index (χ3n) is 3.85. The highest BCUT2D eigenvalue weighted by Crippen LogP contribution is 2.25. The molecule has 0 spiro atoms. The summed E-state index contributed by atoms with van der Waals surface area (Å²) in [6.45, 7) is 4.29. The van der Waals surface area contributed by atoms with Gasteiger partial charge in [-0.25, -0.2) is 0 Å². The molecule has 1 saturated heterocycles. The van der Waals surface area contributed by atoms with Crippen LogP contribution in [0.5, 0.6) is 0 Å². The largest absolute Gasteiger partial charge is 0.393 e. The molecule has 1 fully saturated rings. The maximum absolute atomic E-state index is 12.0. The molecule has 2 unspecified atom stereocenters. The Bertz CT molecular complexity index is 508. The molecule has 0 aromatic heterocycles. The van der Waals surface area contributed by atoms with Crippen LogP contribution in [0, 0.1) is 5.92 Å². The highest BCUT2D eigenvalue weighted by molar-refractivity contribution is 6.35. The molecular weight excluding hydrogens is 311 g/mol. The lowest BCUT2D eigenvalue weighted by Gasteiger charge is -2.17. The number of aliphatic hydroxyl groups is 1. The minimum atomic E-state index is -0.283. The number of hydrogen-bond acceptors (Lipinski definition) is 3. The van der Waals surface area contributed by atoms with Gasteiger partial charge in [0.25, 0.3) is 0 Å². The first kappa shape index (κ1) is 16.6. The minimum Gasteiger partial charge on any atom is -0.393 e. The van der Waals surface area contributed by atoms with Gasteiger partial charge in [-0.2, -0.15) is 0 Å². The van der Waals surface area contributed by atoms with Crippen molar-refractivity contribution in [2.75, 3.05) is 25.0 Å². The predicted octanol–water partition coefficient (Wildman–Crippen LogP) is 3.02. The topological polar surface area (TPSA) is 52.6 Å². The number of likely N-dealkylation sites (tertiary alicyclic amines) is 1. The van der Waals surface area contributed by atoms with E-state index in [1.165, 1.54) is 0 Å². The van der Waals surface area contributed by atoms with E-state index in [2.05, 4.69) is 10.2 Å². The molecule has 1 amide bonds. The number of nitrogens with zero attached hydrogens (tertiary/aromatic N) is 1. The first-order chi connectivity index (χ1) is 9.95. The van der Waals surface area contributed by atoms with Crippen molar-refractivity contribution in [2.45, 2.75) is 25.9 Å². The zero-order chi connectivity index (χ0) is 15.4. The molecule has 2 atom stereocenters. The molecule has 1 aromatic carbocycles. The van der Waals surface area contributed by atoms with E-state index in [-0.39, 0.29) is 12.0 Å². The summed E-state index contributed by atoms with van der Waals surface area (Å²) in [5, 5.41) is 13.4. The van der Waals surface area contributed by atoms with E-state index in [1.54, 1.807) is 18.2 Å². The maximum atomic E-state index is 12.0. The Labute approximate surface area is 135 Å². The molecule has 0 radical (unpaired) electrons. The molecule has 4 nitrogen and oxygen atoms in total. The smallest absolute Gasteiger partial charge is 0.225 e. The van der Waals surface area contributed by atoms with Gasteiger partial charge in [-0.15, -0.1) is 0 Å². The van der Waals surface area contributed by atoms with Crippen LogP contribution in [-0.2, 0) is 4.79 Å². The van der Waals surface area contributed by atoms with Gasteiger partial charge in [0.2, 0.25) is 5.91 Å². The number of anilines is 1. The third kappa shape index (κ3) is 4.85. The second-order valence-corrected chi connectivity index (χ2v) is 6.36. The Morgan fingerprint density at radius 3 is 2.95 bits per heavy atom. The molecule has 0 saturated carbocycles. The van der Waals surface area contributed by atoms with E-state index in [9.17, 15) is 9.90 Å². The fourth-order valence-corrected chi connectivity index (χ4v) is 2.86. The summed E-state index contributed by atoms with van der Waals surface area (Å²) in [6, 6.07) is 4.98. The van der Waals surface area contributed by atoms with Crippen LogP contribution in [0.25, 0.3) is 0 Å². The van der Waals surface area contributed by atoms with Crippen LogP contribution in [-0.4, -0.2) is 41.7 Å². The van der Waals surface area contributed by atoms with Crippen LogP contribution in [0.1, 0.15) is 19.8 Å². The Hall–Kier alpha value is -0.810. The number of carbonyl (C=O) groups is 1. The van der Waals surface area contributed by atoms with Crippen molar-refractivity contribution in [1.82, 2.24) is 4.90 Å². The fraction of sp³-hybridized carbons (Fsp3) is 0.533. The van der Waals surface area contributed by atoms with Crippen molar-refractivity contribution in [1.29, 1.82) is 0 Å². The third-order valence-corrected chi connectivity index (χ3v) is 4.41. The Balaban J connectivity index is 1.79. The first-order valence-electron chi connectivity index (χ1n) is 7.11. The summed E-state index contributed by atoms with van der Waals surface area (Å²) in [7, 11) is 0. The average molecular weight is 331 g/mol. The molecule has 2 rings (SSSR count). The van der Waals surface area contributed by atoms with E-state index < -0.39 is 0 Å². The van der Waals surface area contributed by atoms with Crippen LogP contribution in [0.4, 0.5) is 5.69 Å². The molecule has 21 heavy (non-hydrogen) atoms. The molecule has 6 heteroatoms. The molecule has 1 aliphatic rings. The molecule has 1 aliphatic heterocycles. The van der Waals surface area contributed by atoms with Crippen LogP contribution >= 0.6 is 23.2 Å². The number of rotatable bonds is 5. The van der Waals surface area contributed by atoms with Crippen LogP contribution in [0.15, 0.2) is 18.2 Å². The van der Waals surface area contributed by atoms with E-state index in [0.29, 0.717) is 34.6 Å². The minimum absolute atomic E-state index is 0.0836. The van der Waals surface area contributed by atoms with Gasteiger partial charge >= 0.3 is 0 Å². The number of halogens is 2. The highest BCUT2D eigenvalue weighted by atomic mass is 35.5. The number of benzene rings is 1.